The molecule has 0 aliphatic carbocycles. The number of ether oxygens (including phenoxy) is 1. The number of pyridine rings is 1. The predicted molar refractivity (Wildman–Crippen MR) is 230 cm³/mol. The Labute approximate surface area is 344 Å². The van der Waals surface area contributed by atoms with Crippen LogP contribution in [0, 0.1) is 6.33 Å². The fraction of sp³-hybridized carbons (Fsp3) is 0.0588. The Morgan fingerprint density at radius 2 is 1.28 bits per heavy atom. The van der Waals surface area contributed by atoms with E-state index in [0.717, 1.165) is 46.4 Å². The van der Waals surface area contributed by atoms with Gasteiger partial charge in [0.1, 0.15) is 17.3 Å². The molecule has 0 N–H and O–H groups in total. The molecule has 1 aliphatic rings. The summed E-state index contributed by atoms with van der Waals surface area (Å²) in [6.45, 7) is 2.03. The Hall–Kier alpha value is -7.44. The van der Waals surface area contributed by atoms with Crippen molar-refractivity contribution in [3.8, 4) is 50.9 Å². The van der Waals surface area contributed by atoms with E-state index < -0.39 is 60.4 Å². The maximum absolute atomic E-state index is 8.99. The number of hydrogen-bond acceptors (Lipinski definition) is 3. The lowest BCUT2D eigenvalue weighted by Gasteiger charge is -2.33. The number of benzene rings is 7. The molecule has 272 valence electrons. The third-order valence-electron chi connectivity index (χ3n) is 10.5. The highest BCUT2D eigenvalue weighted by Gasteiger charge is 2.21. The van der Waals surface area contributed by atoms with Crippen molar-refractivity contribution < 1.29 is 23.0 Å². The first-order valence-electron chi connectivity index (χ1n) is 23.7. The van der Waals surface area contributed by atoms with Crippen LogP contribution in [0.3, 0.4) is 0 Å². The number of anilines is 1. The Morgan fingerprint density at radius 3 is 2.04 bits per heavy atom. The minimum absolute atomic E-state index is 0.126. The molecule has 1 aliphatic heterocycles. The number of imidazole rings is 1. The van der Waals surface area contributed by atoms with Crippen LogP contribution in [0.15, 0.2) is 188 Å². The Balaban J connectivity index is 1.07. The first kappa shape index (κ1) is 24.2. The van der Waals surface area contributed by atoms with Crippen LogP contribution in [0.1, 0.15) is 20.1 Å². The van der Waals surface area contributed by atoms with Crippen LogP contribution in [0.5, 0.6) is 11.5 Å². The van der Waals surface area contributed by atoms with E-state index in [9.17, 15) is 0 Å². The third kappa shape index (κ3) is 5.73. The molecular weight excluding hydrogens is 699 g/mol. The third-order valence-corrected chi connectivity index (χ3v) is 10.5. The highest BCUT2D eigenvalue weighted by Crippen LogP contribution is 2.37. The molecule has 0 atom stereocenters. The van der Waals surface area contributed by atoms with Crippen LogP contribution >= 0.6 is 0 Å². The average molecular weight is 746 g/mol. The minimum atomic E-state index is -0.563. The van der Waals surface area contributed by atoms with Gasteiger partial charge in [-0.2, -0.15) is 0 Å². The monoisotopic (exact) mass is 745 g/mol. The number of aromatic nitrogens is 4. The second-order valence-electron chi connectivity index (χ2n) is 13.8. The first-order chi connectivity index (χ1) is 32.4. The molecule has 0 spiro atoms. The smallest absolute Gasteiger partial charge is 0.269 e. The largest absolute Gasteiger partial charge is 0.458 e. The number of hydrogen-bond donors (Lipinski definition) is 0. The highest BCUT2D eigenvalue weighted by molar-refractivity contribution is 6.09. The summed E-state index contributed by atoms with van der Waals surface area (Å²) < 4.78 is 99.0. The Morgan fingerprint density at radius 1 is 0.596 bits per heavy atom. The first-order valence-corrected chi connectivity index (χ1v) is 18.7. The van der Waals surface area contributed by atoms with Crippen LogP contribution < -0.4 is 14.2 Å². The van der Waals surface area contributed by atoms with Crippen LogP contribution in [-0.4, -0.2) is 27.2 Å². The van der Waals surface area contributed by atoms with E-state index in [-0.39, 0.29) is 27.9 Å². The normalized spacial score (nSPS) is 15.1. The van der Waals surface area contributed by atoms with Crippen molar-refractivity contribution in [1.82, 2.24) is 14.1 Å². The van der Waals surface area contributed by atoms with E-state index in [4.69, 9.17) is 23.4 Å². The summed E-state index contributed by atoms with van der Waals surface area (Å²) in [5, 5.41) is 2.14. The molecule has 0 unspecified atom stereocenters. The summed E-state index contributed by atoms with van der Waals surface area (Å²) in [5.41, 5.74) is 5.21. The van der Waals surface area contributed by atoms with Gasteiger partial charge in [-0.15, -0.1) is 0 Å². The standard InChI is InChI=1S/C51H37N5O/c1-3-14-36(15-4-1)42-21-12-22-43(37-16-5-2-6-17-37)51(42)55-35-54(47-24-9-10-25-48(47)55)39-18-11-19-40(32-39)57-41-26-27-45-44-20-7-8-23-46(44)56(49(45)34-41)50-33-38(28-29-52-50)53-30-13-31-53/h1-12,14-29,32-34H,13,30-31H2/i1D,2D,3D,4D,5D,6D,14D,15D,16D,17D. The maximum Gasteiger partial charge on any atom is 0.269 e. The van der Waals surface area contributed by atoms with Gasteiger partial charge in [0.05, 0.1) is 47.1 Å². The SMILES string of the molecule is [2H]c1c([2H])c([2H])c(-c2cccc(-c3c([2H])c([2H])c([2H])c([2H])c3[2H])c2-[n+]2[c-]n(-c3cccc(Oc4ccc5c6ccccc6n(-c6cc(N7CCC7)ccn6)c5c4)c3)c3ccccc32)c([2H])c1[2H]. The average Bonchev–Trinajstić information content (AvgIpc) is 3.87. The number of fused-ring (bicyclic) bond motifs is 4. The van der Waals surface area contributed by atoms with Gasteiger partial charge in [-0.25, -0.2) is 4.98 Å². The van der Waals surface area contributed by atoms with E-state index in [0.29, 0.717) is 28.2 Å². The van der Waals surface area contributed by atoms with E-state index in [1.165, 1.54) is 6.42 Å². The van der Waals surface area contributed by atoms with Gasteiger partial charge in [0, 0.05) is 47.9 Å². The summed E-state index contributed by atoms with van der Waals surface area (Å²) in [7, 11) is 0. The molecule has 0 bridgehead atoms. The molecule has 4 heterocycles. The maximum atomic E-state index is 8.99. The number of nitrogens with zero attached hydrogens (tertiary/aromatic N) is 5. The molecule has 11 rings (SSSR count). The van der Waals surface area contributed by atoms with Crippen molar-refractivity contribution in [2.75, 3.05) is 18.0 Å². The molecule has 0 amide bonds. The van der Waals surface area contributed by atoms with Gasteiger partial charge in [0.25, 0.3) is 6.33 Å². The number of rotatable bonds is 8. The van der Waals surface area contributed by atoms with Gasteiger partial charge in [0.15, 0.2) is 0 Å². The molecule has 6 heteroatoms. The van der Waals surface area contributed by atoms with E-state index >= 15 is 0 Å². The van der Waals surface area contributed by atoms with Crippen molar-refractivity contribution in [2.24, 2.45) is 0 Å². The zero-order valence-corrected chi connectivity index (χ0v) is 30.4. The van der Waals surface area contributed by atoms with Gasteiger partial charge in [0.2, 0.25) is 0 Å². The molecule has 0 saturated carbocycles. The summed E-state index contributed by atoms with van der Waals surface area (Å²) in [6.07, 6.45) is 6.46. The molecule has 3 aromatic heterocycles. The summed E-state index contributed by atoms with van der Waals surface area (Å²) in [5.74, 6) is 1.93. The van der Waals surface area contributed by atoms with E-state index in [1.807, 2.05) is 85.1 Å². The van der Waals surface area contributed by atoms with E-state index in [2.05, 4.69) is 40.1 Å². The minimum Gasteiger partial charge on any atom is -0.458 e. The molecule has 1 saturated heterocycles. The van der Waals surface area contributed by atoms with Gasteiger partial charge >= 0.3 is 0 Å². The van der Waals surface area contributed by atoms with Crippen molar-refractivity contribution in [2.45, 2.75) is 6.42 Å². The zero-order valence-electron chi connectivity index (χ0n) is 40.4. The van der Waals surface area contributed by atoms with Crippen molar-refractivity contribution >= 4 is 38.5 Å². The number of para-hydroxylation sites is 4. The second kappa shape index (κ2) is 13.7. The summed E-state index contributed by atoms with van der Waals surface area (Å²) >= 11 is 0. The van der Waals surface area contributed by atoms with Crippen LogP contribution in [0.25, 0.3) is 72.3 Å². The second-order valence-corrected chi connectivity index (χ2v) is 13.8. The zero-order chi connectivity index (χ0) is 46.4. The Bertz CT molecular complexity index is 3550. The van der Waals surface area contributed by atoms with Gasteiger partial charge in [-0.3, -0.25) is 13.7 Å². The lowest BCUT2D eigenvalue weighted by Crippen LogP contribution is -2.37. The van der Waals surface area contributed by atoms with Crippen LogP contribution in [0.4, 0.5) is 5.69 Å². The lowest BCUT2D eigenvalue weighted by molar-refractivity contribution is -0.571. The quantitative estimate of drug-likeness (QED) is 0.115. The summed E-state index contributed by atoms with van der Waals surface area (Å²) in [6, 6.07) is 32.9. The van der Waals surface area contributed by atoms with Crippen molar-refractivity contribution in [3.05, 3.63) is 194 Å². The Kier molecular flexibility index (Phi) is 5.80. The highest BCUT2D eigenvalue weighted by atomic mass is 16.5. The van der Waals surface area contributed by atoms with Crippen LogP contribution in [-0.2, 0) is 0 Å². The fourth-order valence-electron chi connectivity index (χ4n) is 7.76. The molecular formula is C51H37N5O. The predicted octanol–water partition coefficient (Wildman–Crippen LogP) is 11.5. The molecule has 57 heavy (non-hydrogen) atoms. The lowest BCUT2D eigenvalue weighted by atomic mass is 9.95. The van der Waals surface area contributed by atoms with Crippen molar-refractivity contribution in [1.29, 1.82) is 0 Å². The van der Waals surface area contributed by atoms with Crippen LogP contribution in [0.2, 0.25) is 0 Å². The van der Waals surface area contributed by atoms with Gasteiger partial charge in [-0.05, 0) is 71.1 Å². The van der Waals surface area contributed by atoms with Gasteiger partial charge in [-0.1, -0.05) is 127 Å². The molecule has 0 radical (unpaired) electrons. The van der Waals surface area contributed by atoms with E-state index in [1.54, 1.807) is 27.3 Å². The molecule has 6 nitrogen and oxygen atoms in total. The molecule has 1 fully saturated rings. The molecule has 7 aromatic carbocycles. The fourth-order valence-corrected chi connectivity index (χ4v) is 7.76. The topological polar surface area (TPSA) is 39.1 Å². The summed E-state index contributed by atoms with van der Waals surface area (Å²) in [4.78, 5) is 7.16. The molecule has 10 aromatic rings. The van der Waals surface area contributed by atoms with Gasteiger partial charge < -0.3 is 9.64 Å². The van der Waals surface area contributed by atoms with Crippen molar-refractivity contribution in [3.63, 3.8) is 0 Å².